The Bertz CT molecular complexity index is 895. The molecule has 1 aromatic carbocycles. The number of carbonyl (C=O) groups is 3. The summed E-state index contributed by atoms with van der Waals surface area (Å²) >= 11 is 1.66. The average Bonchev–Trinajstić information content (AvgIpc) is 3.45. The number of carbonyl (C=O) groups excluding carboxylic acids is 3. The summed E-state index contributed by atoms with van der Waals surface area (Å²) in [6.45, 7) is 6.65. The molecule has 3 saturated heterocycles. The highest BCUT2D eigenvalue weighted by Crippen LogP contribution is 2.66. The number of nitrogens with zero attached hydrogens (tertiary/aromatic N) is 1. The van der Waals surface area contributed by atoms with Gasteiger partial charge < -0.3 is 20.6 Å². The SMILES string of the molecule is CCCNC(=O)[C@@H]1[C@H]2C(=O)N([C@@H](CO)C(C)C)C(C(=O)NCc3ccccc3)C23CC[C@H]1S3. The molecule has 3 N–H and O–H groups in total. The number of nitrogens with one attached hydrogen (secondary N) is 2. The van der Waals surface area contributed by atoms with Crippen LogP contribution in [-0.4, -0.2) is 63.0 Å². The molecule has 0 saturated carbocycles. The molecule has 3 aliphatic heterocycles. The molecule has 180 valence electrons. The molecule has 0 aliphatic carbocycles. The van der Waals surface area contributed by atoms with E-state index in [2.05, 4.69) is 10.6 Å². The lowest BCUT2D eigenvalue weighted by Gasteiger charge is -2.38. The van der Waals surface area contributed by atoms with Gasteiger partial charge in [0.2, 0.25) is 17.7 Å². The minimum Gasteiger partial charge on any atom is -0.394 e. The van der Waals surface area contributed by atoms with E-state index in [9.17, 15) is 19.5 Å². The van der Waals surface area contributed by atoms with Gasteiger partial charge in [0, 0.05) is 18.3 Å². The summed E-state index contributed by atoms with van der Waals surface area (Å²) in [4.78, 5) is 42.3. The molecule has 8 heteroatoms. The molecule has 2 bridgehead atoms. The second kappa shape index (κ2) is 9.66. The Morgan fingerprint density at radius 3 is 2.58 bits per heavy atom. The van der Waals surface area contributed by atoms with Crippen molar-refractivity contribution in [2.45, 2.75) is 68.7 Å². The smallest absolute Gasteiger partial charge is 0.244 e. The lowest BCUT2D eigenvalue weighted by molar-refractivity contribution is -0.143. The lowest BCUT2D eigenvalue weighted by Crippen LogP contribution is -2.57. The van der Waals surface area contributed by atoms with Gasteiger partial charge in [0.25, 0.3) is 0 Å². The number of thioether (sulfide) groups is 1. The maximum Gasteiger partial charge on any atom is 0.244 e. The zero-order valence-electron chi connectivity index (χ0n) is 19.6. The quantitative estimate of drug-likeness (QED) is 0.509. The topological polar surface area (TPSA) is 98.7 Å². The van der Waals surface area contributed by atoms with Crippen LogP contribution < -0.4 is 10.6 Å². The van der Waals surface area contributed by atoms with Gasteiger partial charge in [0.15, 0.2) is 0 Å². The highest BCUT2D eigenvalue weighted by molar-refractivity contribution is 8.02. The molecule has 6 atom stereocenters. The molecule has 4 rings (SSSR count). The summed E-state index contributed by atoms with van der Waals surface area (Å²) in [5.74, 6) is -1.41. The number of amides is 3. The normalized spacial score (nSPS) is 31.1. The van der Waals surface area contributed by atoms with Gasteiger partial charge in [0.05, 0.1) is 29.2 Å². The van der Waals surface area contributed by atoms with Gasteiger partial charge in [-0.25, -0.2) is 0 Å². The third kappa shape index (κ3) is 4.05. The van der Waals surface area contributed by atoms with Gasteiger partial charge in [-0.2, -0.15) is 0 Å². The molecule has 3 aliphatic rings. The summed E-state index contributed by atoms with van der Waals surface area (Å²) in [7, 11) is 0. The number of hydrogen-bond acceptors (Lipinski definition) is 5. The summed E-state index contributed by atoms with van der Waals surface area (Å²) < 4.78 is -0.626. The van der Waals surface area contributed by atoms with Gasteiger partial charge in [-0.15, -0.1) is 11.8 Å². The van der Waals surface area contributed by atoms with Crippen molar-refractivity contribution in [2.24, 2.45) is 17.8 Å². The first-order valence-corrected chi connectivity index (χ1v) is 12.9. The van der Waals surface area contributed by atoms with E-state index >= 15 is 0 Å². The predicted octanol–water partition coefficient (Wildman–Crippen LogP) is 1.94. The van der Waals surface area contributed by atoms with Crippen LogP contribution in [-0.2, 0) is 20.9 Å². The third-order valence-electron chi connectivity index (χ3n) is 7.46. The number of rotatable bonds is 9. The van der Waals surface area contributed by atoms with Gasteiger partial charge in [-0.3, -0.25) is 14.4 Å². The predicted molar refractivity (Wildman–Crippen MR) is 128 cm³/mol. The molecule has 3 heterocycles. The van der Waals surface area contributed by atoms with Crippen LogP contribution in [0.4, 0.5) is 0 Å². The average molecular weight is 474 g/mol. The maximum absolute atomic E-state index is 13.9. The van der Waals surface area contributed by atoms with Crippen LogP contribution in [0.25, 0.3) is 0 Å². The molecule has 3 fully saturated rings. The van der Waals surface area contributed by atoms with Crippen LogP contribution in [0.5, 0.6) is 0 Å². The van der Waals surface area contributed by atoms with Crippen LogP contribution in [0.3, 0.4) is 0 Å². The van der Waals surface area contributed by atoms with Crippen LogP contribution in [0.15, 0.2) is 30.3 Å². The largest absolute Gasteiger partial charge is 0.394 e. The fraction of sp³-hybridized carbons (Fsp3) is 0.640. The third-order valence-corrected chi connectivity index (χ3v) is 9.41. The molecule has 2 unspecified atom stereocenters. The molecule has 33 heavy (non-hydrogen) atoms. The zero-order chi connectivity index (χ0) is 23.8. The highest BCUT2D eigenvalue weighted by Gasteiger charge is 2.74. The van der Waals surface area contributed by atoms with E-state index in [1.165, 1.54) is 0 Å². The van der Waals surface area contributed by atoms with Crippen molar-refractivity contribution in [2.75, 3.05) is 13.2 Å². The van der Waals surface area contributed by atoms with Crippen molar-refractivity contribution in [1.29, 1.82) is 0 Å². The molecule has 0 radical (unpaired) electrons. The first kappa shape index (κ1) is 24.1. The van der Waals surface area contributed by atoms with Crippen molar-refractivity contribution in [3.8, 4) is 0 Å². The Morgan fingerprint density at radius 1 is 1.21 bits per heavy atom. The number of hydrogen-bond donors (Lipinski definition) is 3. The van der Waals surface area contributed by atoms with Crippen LogP contribution in [0, 0.1) is 17.8 Å². The van der Waals surface area contributed by atoms with Crippen molar-refractivity contribution in [1.82, 2.24) is 15.5 Å². The van der Waals surface area contributed by atoms with Gasteiger partial charge in [0.1, 0.15) is 6.04 Å². The first-order valence-electron chi connectivity index (χ1n) is 12.1. The Labute approximate surface area is 200 Å². The second-order valence-electron chi connectivity index (χ2n) is 9.79. The lowest BCUT2D eigenvalue weighted by atomic mass is 9.70. The summed E-state index contributed by atoms with van der Waals surface area (Å²) in [6, 6.07) is 8.52. The molecule has 1 aromatic rings. The number of benzene rings is 1. The van der Waals surface area contributed by atoms with Crippen molar-refractivity contribution < 1.29 is 19.5 Å². The van der Waals surface area contributed by atoms with E-state index in [-0.39, 0.29) is 35.5 Å². The van der Waals surface area contributed by atoms with Crippen molar-refractivity contribution in [3.63, 3.8) is 0 Å². The first-order chi connectivity index (χ1) is 15.9. The van der Waals surface area contributed by atoms with Crippen molar-refractivity contribution in [3.05, 3.63) is 35.9 Å². The number of likely N-dealkylation sites (tertiary alicyclic amines) is 1. The van der Waals surface area contributed by atoms with Crippen LogP contribution >= 0.6 is 11.8 Å². The fourth-order valence-electron chi connectivity index (χ4n) is 5.92. The fourth-order valence-corrected chi connectivity index (χ4v) is 8.12. The number of aliphatic hydroxyl groups excluding tert-OH is 1. The molecular formula is C25H35N3O4S. The minimum atomic E-state index is -0.697. The summed E-state index contributed by atoms with van der Waals surface area (Å²) in [5, 5.41) is 16.3. The Balaban J connectivity index is 1.67. The molecule has 0 aromatic heterocycles. The Hall–Kier alpha value is -2.06. The second-order valence-corrected chi connectivity index (χ2v) is 11.4. The maximum atomic E-state index is 13.9. The minimum absolute atomic E-state index is 0.0202. The van der Waals surface area contributed by atoms with E-state index in [0.717, 1.165) is 24.8 Å². The monoisotopic (exact) mass is 473 g/mol. The Morgan fingerprint density at radius 2 is 1.94 bits per heavy atom. The van der Waals surface area contributed by atoms with Gasteiger partial charge in [-0.05, 0) is 30.7 Å². The summed E-state index contributed by atoms with van der Waals surface area (Å²) in [6.07, 6.45) is 2.38. The number of aliphatic hydroxyl groups is 1. The van der Waals surface area contributed by atoms with Crippen molar-refractivity contribution >= 4 is 29.5 Å². The molecular weight excluding hydrogens is 438 g/mol. The molecule has 3 amide bonds. The van der Waals surface area contributed by atoms with E-state index in [4.69, 9.17) is 0 Å². The Kier molecular flexibility index (Phi) is 7.05. The number of fused-ring (bicyclic) bond motifs is 1. The van der Waals surface area contributed by atoms with E-state index in [0.29, 0.717) is 13.1 Å². The highest BCUT2D eigenvalue weighted by atomic mass is 32.2. The van der Waals surface area contributed by atoms with E-state index < -0.39 is 28.7 Å². The van der Waals surface area contributed by atoms with E-state index in [1.54, 1.807) is 16.7 Å². The van der Waals surface area contributed by atoms with Crippen LogP contribution in [0.2, 0.25) is 0 Å². The molecule has 1 spiro atoms. The zero-order valence-corrected chi connectivity index (χ0v) is 20.4. The molecule has 7 nitrogen and oxygen atoms in total. The summed E-state index contributed by atoms with van der Waals surface area (Å²) in [5.41, 5.74) is 0.985. The standard InChI is InChI=1S/C25H35N3O4S/c1-4-12-26-22(30)19-18-10-11-25(33-18)20(19)24(32)28(17(14-29)15(2)3)21(25)23(31)27-13-16-8-6-5-7-9-16/h5-9,15,17-21,29H,4,10-14H2,1-3H3,(H,26,30)(H,27,31)/t17-,18+,19-,20-,21?,25?/m0/s1. The van der Waals surface area contributed by atoms with Crippen LogP contribution in [0.1, 0.15) is 45.6 Å². The van der Waals surface area contributed by atoms with E-state index in [1.807, 2.05) is 51.1 Å². The van der Waals surface area contributed by atoms with Gasteiger partial charge in [-0.1, -0.05) is 51.1 Å². The van der Waals surface area contributed by atoms with Gasteiger partial charge >= 0.3 is 0 Å².